The number of carbonyl (C=O) groups excluding carboxylic acids is 2. The lowest BCUT2D eigenvalue weighted by atomic mass is 10.2. The first-order valence-electron chi connectivity index (χ1n) is 8.46. The predicted molar refractivity (Wildman–Crippen MR) is 105 cm³/mol. The van der Waals surface area contributed by atoms with Gasteiger partial charge in [0.25, 0.3) is 11.8 Å². The lowest BCUT2D eigenvalue weighted by molar-refractivity contribution is 0.0846. The Morgan fingerprint density at radius 1 is 1.11 bits per heavy atom. The molecule has 1 aromatic carbocycles. The van der Waals surface area contributed by atoms with Crippen molar-refractivity contribution in [2.45, 2.75) is 19.3 Å². The first-order chi connectivity index (χ1) is 13.1. The molecule has 6 nitrogen and oxygen atoms in total. The van der Waals surface area contributed by atoms with Gasteiger partial charge in [0.2, 0.25) is 0 Å². The highest BCUT2D eigenvalue weighted by Gasteiger charge is 2.19. The van der Waals surface area contributed by atoms with Crippen LogP contribution in [0, 0.1) is 0 Å². The number of aromatic nitrogens is 1. The molecule has 0 saturated heterocycles. The van der Waals surface area contributed by atoms with Gasteiger partial charge in [0.05, 0.1) is 12.0 Å². The molecule has 4 rings (SSSR count). The number of nitrogens with zero attached hydrogens (tertiary/aromatic N) is 1. The molecule has 0 fully saturated rings. The van der Waals surface area contributed by atoms with E-state index in [0.29, 0.717) is 4.88 Å². The molecule has 3 aromatic rings. The second-order valence-electron chi connectivity index (χ2n) is 6.09. The minimum Gasteiger partial charge on any atom is -0.497 e. The summed E-state index contributed by atoms with van der Waals surface area (Å²) >= 11 is 2.86. The van der Waals surface area contributed by atoms with Gasteiger partial charge >= 0.3 is 0 Å². The Bertz CT molecular complexity index is 971. The standard InChI is InChI=1S/C19H17N3O3S2/c1-25-13-7-5-11(6-8-13)19-20-14(10-26-19)17(23)21-22-18(24)16-9-12-3-2-4-15(12)27-16/h5-10H,2-4H2,1H3,(H,21,23)(H,22,24). The van der Waals surface area contributed by atoms with Crippen LogP contribution in [-0.2, 0) is 12.8 Å². The third kappa shape index (κ3) is 3.72. The zero-order valence-electron chi connectivity index (χ0n) is 14.6. The summed E-state index contributed by atoms with van der Waals surface area (Å²) in [7, 11) is 1.61. The van der Waals surface area contributed by atoms with E-state index < -0.39 is 5.91 Å². The van der Waals surface area contributed by atoms with Gasteiger partial charge in [-0.3, -0.25) is 20.4 Å². The van der Waals surface area contributed by atoms with Crippen LogP contribution in [0.1, 0.15) is 37.0 Å². The van der Waals surface area contributed by atoms with Gasteiger partial charge in [-0.05, 0) is 55.2 Å². The third-order valence-corrected chi connectivity index (χ3v) is 6.46. The summed E-state index contributed by atoms with van der Waals surface area (Å²) in [5.74, 6) is 0.0207. The normalized spacial score (nSPS) is 12.5. The Labute approximate surface area is 164 Å². The number of hydrazine groups is 1. The van der Waals surface area contributed by atoms with Crippen LogP contribution >= 0.6 is 22.7 Å². The largest absolute Gasteiger partial charge is 0.497 e. The van der Waals surface area contributed by atoms with Crippen LogP contribution in [0.4, 0.5) is 0 Å². The number of hydrogen-bond donors (Lipinski definition) is 2. The number of methoxy groups -OCH3 is 1. The van der Waals surface area contributed by atoms with Crippen molar-refractivity contribution in [1.82, 2.24) is 15.8 Å². The van der Waals surface area contributed by atoms with Crippen LogP contribution < -0.4 is 15.6 Å². The molecule has 0 aliphatic heterocycles. The van der Waals surface area contributed by atoms with Crippen molar-refractivity contribution in [2.24, 2.45) is 0 Å². The molecular weight excluding hydrogens is 382 g/mol. The summed E-state index contributed by atoms with van der Waals surface area (Å²) < 4.78 is 5.14. The van der Waals surface area contributed by atoms with Crippen LogP contribution in [0.2, 0.25) is 0 Å². The highest BCUT2D eigenvalue weighted by Crippen LogP contribution is 2.30. The van der Waals surface area contributed by atoms with Gasteiger partial charge in [-0.25, -0.2) is 4.98 Å². The summed E-state index contributed by atoms with van der Waals surface area (Å²) in [5, 5.41) is 2.39. The van der Waals surface area contributed by atoms with Crippen LogP contribution in [0.25, 0.3) is 10.6 Å². The highest BCUT2D eigenvalue weighted by atomic mass is 32.1. The fourth-order valence-electron chi connectivity index (χ4n) is 2.92. The lowest BCUT2D eigenvalue weighted by Gasteiger charge is -2.04. The molecule has 1 aliphatic carbocycles. The molecule has 0 unspecified atom stereocenters. The SMILES string of the molecule is COc1ccc(-c2nc(C(=O)NNC(=O)c3cc4c(s3)CCC4)cs2)cc1. The van der Waals surface area contributed by atoms with Gasteiger partial charge in [-0.2, -0.15) is 0 Å². The molecule has 0 saturated carbocycles. The van der Waals surface area contributed by atoms with Gasteiger partial charge in [-0.1, -0.05) is 0 Å². The van der Waals surface area contributed by atoms with Crippen LogP contribution in [0.3, 0.4) is 0 Å². The Morgan fingerprint density at radius 2 is 1.89 bits per heavy atom. The monoisotopic (exact) mass is 399 g/mol. The van der Waals surface area contributed by atoms with Crippen molar-refractivity contribution >= 4 is 34.5 Å². The van der Waals surface area contributed by atoms with Gasteiger partial charge in [0, 0.05) is 15.8 Å². The molecule has 2 amide bonds. The maximum Gasteiger partial charge on any atom is 0.289 e. The molecule has 8 heteroatoms. The molecule has 2 aromatic heterocycles. The fraction of sp³-hybridized carbons (Fsp3) is 0.211. The third-order valence-electron chi connectivity index (χ3n) is 4.33. The number of ether oxygens (including phenoxy) is 1. The minimum atomic E-state index is -0.441. The molecule has 0 bridgehead atoms. The topological polar surface area (TPSA) is 80.3 Å². The van der Waals surface area contributed by atoms with Gasteiger partial charge in [0.15, 0.2) is 0 Å². The molecule has 1 aliphatic rings. The zero-order chi connectivity index (χ0) is 18.8. The van der Waals surface area contributed by atoms with Gasteiger partial charge in [0.1, 0.15) is 16.5 Å². The number of aryl methyl sites for hydroxylation is 2. The minimum absolute atomic E-state index is 0.264. The van der Waals surface area contributed by atoms with E-state index in [2.05, 4.69) is 15.8 Å². The lowest BCUT2D eigenvalue weighted by Crippen LogP contribution is -2.41. The van der Waals surface area contributed by atoms with Crippen molar-refractivity contribution in [3.63, 3.8) is 0 Å². The summed E-state index contributed by atoms with van der Waals surface area (Å²) in [6.07, 6.45) is 3.21. The number of fused-ring (bicyclic) bond motifs is 1. The second-order valence-corrected chi connectivity index (χ2v) is 8.08. The van der Waals surface area contributed by atoms with E-state index in [1.807, 2.05) is 30.3 Å². The molecule has 2 heterocycles. The molecule has 0 atom stereocenters. The van der Waals surface area contributed by atoms with Crippen molar-refractivity contribution in [2.75, 3.05) is 7.11 Å². The maximum atomic E-state index is 12.3. The number of amides is 2. The number of thiazole rings is 1. The predicted octanol–water partition coefficient (Wildman–Crippen LogP) is 3.44. The molecule has 27 heavy (non-hydrogen) atoms. The average molecular weight is 399 g/mol. The number of thiophene rings is 1. The Kier molecular flexibility index (Phi) is 4.91. The molecule has 0 spiro atoms. The van der Waals surface area contributed by atoms with E-state index in [1.165, 1.54) is 33.1 Å². The van der Waals surface area contributed by atoms with Gasteiger partial charge < -0.3 is 4.74 Å². The number of carbonyl (C=O) groups is 2. The van der Waals surface area contributed by atoms with Crippen LogP contribution in [0.15, 0.2) is 35.7 Å². The summed E-state index contributed by atoms with van der Waals surface area (Å²) in [5.41, 5.74) is 7.32. The van der Waals surface area contributed by atoms with Crippen molar-refractivity contribution in [3.8, 4) is 16.3 Å². The smallest absolute Gasteiger partial charge is 0.289 e. The van der Waals surface area contributed by atoms with Gasteiger partial charge in [-0.15, -0.1) is 22.7 Å². The van der Waals surface area contributed by atoms with Crippen LogP contribution in [-0.4, -0.2) is 23.9 Å². The summed E-state index contributed by atoms with van der Waals surface area (Å²) in [6, 6.07) is 9.37. The van der Waals surface area contributed by atoms with E-state index in [-0.39, 0.29) is 11.6 Å². The maximum absolute atomic E-state index is 12.3. The molecule has 0 radical (unpaired) electrons. The Morgan fingerprint density at radius 3 is 2.63 bits per heavy atom. The first-order valence-corrected chi connectivity index (χ1v) is 10.2. The highest BCUT2D eigenvalue weighted by molar-refractivity contribution is 7.14. The van der Waals surface area contributed by atoms with Crippen molar-refractivity contribution < 1.29 is 14.3 Å². The van der Waals surface area contributed by atoms with Crippen molar-refractivity contribution in [3.05, 3.63) is 56.7 Å². The molecule has 2 N–H and O–H groups in total. The number of rotatable bonds is 4. The number of benzene rings is 1. The number of hydrogen-bond acceptors (Lipinski definition) is 6. The second kappa shape index (κ2) is 7.50. The van der Waals surface area contributed by atoms with Crippen LogP contribution in [0.5, 0.6) is 5.75 Å². The molecule has 138 valence electrons. The van der Waals surface area contributed by atoms with E-state index in [0.717, 1.165) is 35.6 Å². The average Bonchev–Trinajstić information content (AvgIpc) is 3.41. The number of nitrogens with one attached hydrogen (secondary N) is 2. The van der Waals surface area contributed by atoms with Crippen molar-refractivity contribution in [1.29, 1.82) is 0 Å². The van der Waals surface area contributed by atoms with E-state index in [4.69, 9.17) is 4.74 Å². The summed E-state index contributed by atoms with van der Waals surface area (Å²) in [4.78, 5) is 30.7. The van der Waals surface area contributed by atoms with E-state index in [9.17, 15) is 9.59 Å². The Balaban J connectivity index is 1.38. The molecular formula is C19H17N3O3S2. The first kappa shape index (κ1) is 17.7. The van der Waals surface area contributed by atoms with E-state index >= 15 is 0 Å². The summed E-state index contributed by atoms with van der Waals surface area (Å²) in [6.45, 7) is 0. The fourth-order valence-corrected chi connectivity index (χ4v) is 4.88. The zero-order valence-corrected chi connectivity index (χ0v) is 16.2. The van der Waals surface area contributed by atoms with E-state index in [1.54, 1.807) is 12.5 Å². The quantitative estimate of drug-likeness (QED) is 0.659. The Hall–Kier alpha value is -2.71.